The molecule has 7 nitrogen and oxygen atoms in total. The minimum absolute atomic E-state index is 0.323. The molecule has 3 N–H and O–H groups in total. The lowest BCUT2D eigenvalue weighted by atomic mass is 9.95. The molecular weight excluding hydrogens is 464 g/mol. The van der Waals surface area contributed by atoms with Crippen LogP contribution in [0.4, 0.5) is 0 Å². The maximum atomic E-state index is 13.1. The number of hydrogen-bond acceptors (Lipinski definition) is 4. The van der Waals surface area contributed by atoms with Crippen molar-refractivity contribution in [2.24, 2.45) is 0 Å². The van der Waals surface area contributed by atoms with Gasteiger partial charge in [0.05, 0.1) is 22.8 Å². The molecule has 2 aromatic heterocycles. The number of H-pyrrole nitrogens is 1. The Labute approximate surface area is 208 Å². The summed E-state index contributed by atoms with van der Waals surface area (Å²) >= 11 is 6.32. The van der Waals surface area contributed by atoms with Crippen LogP contribution in [0.3, 0.4) is 0 Å². The third kappa shape index (κ3) is 4.16. The van der Waals surface area contributed by atoms with Crippen molar-refractivity contribution in [1.29, 1.82) is 0 Å². The minimum atomic E-state index is -0.613. The van der Waals surface area contributed by atoms with Crippen LogP contribution in [-0.2, 0) is 16.1 Å². The molecule has 0 fully saturated rings. The quantitative estimate of drug-likeness (QED) is 0.325. The van der Waals surface area contributed by atoms with Crippen LogP contribution in [0.25, 0.3) is 33.0 Å². The molecule has 1 unspecified atom stereocenters. The molecule has 5 rings (SSSR count). The van der Waals surface area contributed by atoms with Crippen molar-refractivity contribution < 1.29 is 14.7 Å². The number of para-hydroxylation sites is 1. The van der Waals surface area contributed by atoms with Gasteiger partial charge in [0.25, 0.3) is 11.8 Å². The summed E-state index contributed by atoms with van der Waals surface area (Å²) in [6.07, 6.45) is 3.00. The maximum Gasteiger partial charge on any atom is 0.259 e. The number of hydrogen-bond donors (Lipinski definition) is 3. The van der Waals surface area contributed by atoms with Crippen molar-refractivity contribution >= 4 is 56.4 Å². The van der Waals surface area contributed by atoms with E-state index in [-0.39, 0.29) is 0 Å². The first-order chi connectivity index (χ1) is 16.9. The predicted molar refractivity (Wildman–Crippen MR) is 139 cm³/mol. The van der Waals surface area contributed by atoms with Crippen LogP contribution in [0.2, 0.25) is 5.02 Å². The normalized spacial score (nSPS) is 15.1. The summed E-state index contributed by atoms with van der Waals surface area (Å²) in [6.45, 7) is 6.69. The first-order valence-electron chi connectivity index (χ1n) is 11.8. The summed E-state index contributed by atoms with van der Waals surface area (Å²) in [4.78, 5) is 31.4. The molecule has 0 radical (unpaired) electrons. The van der Waals surface area contributed by atoms with E-state index in [9.17, 15) is 14.7 Å². The highest BCUT2D eigenvalue weighted by molar-refractivity contribution is 6.50. The second-order valence-corrected chi connectivity index (χ2v) is 9.21. The summed E-state index contributed by atoms with van der Waals surface area (Å²) in [5.74, 6) is -0.862. The van der Waals surface area contributed by atoms with Gasteiger partial charge in [-0.3, -0.25) is 14.9 Å². The highest BCUT2D eigenvalue weighted by Gasteiger charge is 2.35. The topological polar surface area (TPSA) is 90.4 Å². The molecule has 180 valence electrons. The Kier molecular flexibility index (Phi) is 6.23. The molecule has 2 amide bonds. The first kappa shape index (κ1) is 23.4. The van der Waals surface area contributed by atoms with E-state index in [1.165, 1.54) is 0 Å². The number of benzene rings is 2. The molecule has 8 heteroatoms. The third-order valence-electron chi connectivity index (χ3n) is 6.67. The number of fused-ring (bicyclic) bond motifs is 2. The van der Waals surface area contributed by atoms with Crippen molar-refractivity contribution in [3.05, 3.63) is 71.0 Å². The summed E-state index contributed by atoms with van der Waals surface area (Å²) in [6, 6.07) is 13.1. The average Bonchev–Trinajstić information content (AvgIpc) is 3.50. The predicted octanol–water partition coefficient (Wildman–Crippen LogP) is 4.05. The molecule has 0 spiro atoms. The Morgan fingerprint density at radius 1 is 1.00 bits per heavy atom. The van der Waals surface area contributed by atoms with E-state index < -0.39 is 17.9 Å². The van der Waals surface area contributed by atoms with Crippen molar-refractivity contribution in [2.45, 2.75) is 26.5 Å². The van der Waals surface area contributed by atoms with Gasteiger partial charge in [-0.25, -0.2) is 0 Å². The van der Waals surface area contributed by atoms with E-state index >= 15 is 0 Å². The molecule has 35 heavy (non-hydrogen) atoms. The molecule has 0 aliphatic carbocycles. The number of aromatic amines is 1. The highest BCUT2D eigenvalue weighted by atomic mass is 35.5. The number of aliphatic hydroxyl groups excluding tert-OH is 1. The Bertz CT molecular complexity index is 1480. The number of amides is 2. The van der Waals surface area contributed by atoms with Gasteiger partial charge >= 0.3 is 0 Å². The maximum absolute atomic E-state index is 13.1. The lowest BCUT2D eigenvalue weighted by Crippen LogP contribution is -2.34. The largest absolute Gasteiger partial charge is 0.390 e. The standard InChI is InChI=1S/C27H27ClN4O3/c1-3-31(4-2)13-17(33)14-32-15-21(19-10-9-16(28)11-23(19)32)25-24(26(34)30-27(25)35)20-12-29-22-8-6-5-7-18(20)22/h5-12,15,17,29,33H,3-4,13-14H2,1-2H3,(H,30,34,35). The monoisotopic (exact) mass is 490 g/mol. The van der Waals surface area contributed by atoms with Crippen LogP contribution in [0.5, 0.6) is 0 Å². The lowest BCUT2D eigenvalue weighted by molar-refractivity contribution is -0.122. The Balaban J connectivity index is 1.67. The fourth-order valence-corrected chi connectivity index (χ4v) is 5.09. The van der Waals surface area contributed by atoms with Gasteiger partial charge in [0.1, 0.15) is 0 Å². The molecule has 0 saturated heterocycles. The van der Waals surface area contributed by atoms with E-state index in [0.29, 0.717) is 40.4 Å². The molecule has 3 heterocycles. The second kappa shape index (κ2) is 9.34. The van der Waals surface area contributed by atoms with Crippen LogP contribution < -0.4 is 5.32 Å². The number of imide groups is 1. The van der Waals surface area contributed by atoms with Crippen LogP contribution in [0, 0.1) is 0 Å². The van der Waals surface area contributed by atoms with Gasteiger partial charge in [-0.2, -0.15) is 0 Å². The Morgan fingerprint density at radius 2 is 1.71 bits per heavy atom. The number of nitrogens with zero attached hydrogens (tertiary/aromatic N) is 2. The van der Waals surface area contributed by atoms with Gasteiger partial charge in [-0.05, 0) is 31.3 Å². The van der Waals surface area contributed by atoms with E-state index in [1.54, 1.807) is 12.3 Å². The number of nitrogens with one attached hydrogen (secondary N) is 2. The van der Waals surface area contributed by atoms with Crippen LogP contribution >= 0.6 is 11.6 Å². The van der Waals surface area contributed by atoms with Gasteiger partial charge in [0.15, 0.2) is 0 Å². The number of likely N-dealkylation sites (N-methyl/N-ethyl adjacent to an activating group) is 1. The molecule has 0 saturated carbocycles. The summed E-state index contributed by atoms with van der Waals surface area (Å²) < 4.78 is 1.92. The Hall–Kier alpha value is -3.39. The van der Waals surface area contributed by atoms with E-state index in [1.807, 2.05) is 47.2 Å². The SMILES string of the molecule is CCN(CC)CC(O)Cn1cc(C2=C(c3c[nH]c4ccccc34)C(=O)NC2=O)c2ccc(Cl)cc21. The van der Waals surface area contributed by atoms with Crippen LogP contribution in [0.15, 0.2) is 54.9 Å². The van der Waals surface area contributed by atoms with E-state index in [2.05, 4.69) is 29.0 Å². The van der Waals surface area contributed by atoms with Crippen molar-refractivity contribution in [1.82, 2.24) is 19.8 Å². The minimum Gasteiger partial charge on any atom is -0.390 e. The first-order valence-corrected chi connectivity index (χ1v) is 12.1. The molecule has 2 aromatic carbocycles. The van der Waals surface area contributed by atoms with Crippen molar-refractivity contribution in [3.8, 4) is 0 Å². The molecule has 1 aliphatic heterocycles. The zero-order valence-corrected chi connectivity index (χ0v) is 20.4. The van der Waals surface area contributed by atoms with Crippen LogP contribution in [0.1, 0.15) is 25.0 Å². The van der Waals surface area contributed by atoms with E-state index in [0.717, 1.165) is 34.9 Å². The molecule has 1 atom stereocenters. The van der Waals surface area contributed by atoms with Gasteiger partial charge in [-0.15, -0.1) is 0 Å². The number of rotatable bonds is 8. The summed E-state index contributed by atoms with van der Waals surface area (Å²) in [5, 5.41) is 15.5. The molecule has 4 aromatic rings. The number of aliphatic hydroxyl groups is 1. The highest BCUT2D eigenvalue weighted by Crippen LogP contribution is 2.38. The fraction of sp³-hybridized carbons (Fsp3) is 0.259. The zero-order chi connectivity index (χ0) is 24.7. The van der Waals surface area contributed by atoms with Crippen LogP contribution in [-0.4, -0.2) is 57.1 Å². The van der Waals surface area contributed by atoms with Crippen molar-refractivity contribution in [2.75, 3.05) is 19.6 Å². The number of halogens is 1. The number of carbonyl (C=O) groups is 2. The summed E-state index contributed by atoms with van der Waals surface area (Å²) in [7, 11) is 0. The van der Waals surface area contributed by atoms with Gasteiger partial charge in [0, 0.05) is 57.9 Å². The van der Waals surface area contributed by atoms with Gasteiger partial charge in [-0.1, -0.05) is 49.7 Å². The molecule has 1 aliphatic rings. The third-order valence-corrected chi connectivity index (χ3v) is 6.91. The van der Waals surface area contributed by atoms with Crippen molar-refractivity contribution in [3.63, 3.8) is 0 Å². The Morgan fingerprint density at radius 3 is 2.46 bits per heavy atom. The van der Waals surface area contributed by atoms with Gasteiger partial charge in [0.2, 0.25) is 0 Å². The fourth-order valence-electron chi connectivity index (χ4n) is 4.93. The average molecular weight is 491 g/mol. The lowest BCUT2D eigenvalue weighted by Gasteiger charge is -2.22. The van der Waals surface area contributed by atoms with E-state index in [4.69, 9.17) is 11.6 Å². The summed E-state index contributed by atoms with van der Waals surface area (Å²) in [5.41, 5.74) is 3.65. The molecular formula is C27H27ClN4O3. The molecule has 0 bridgehead atoms. The van der Waals surface area contributed by atoms with Gasteiger partial charge < -0.3 is 19.6 Å². The smallest absolute Gasteiger partial charge is 0.259 e. The number of aromatic nitrogens is 2. The second-order valence-electron chi connectivity index (χ2n) is 8.78. The zero-order valence-electron chi connectivity index (χ0n) is 19.6. The number of carbonyl (C=O) groups excluding carboxylic acids is 2.